The van der Waals surface area contributed by atoms with Gasteiger partial charge in [0.2, 0.25) is 5.91 Å². The van der Waals surface area contributed by atoms with Gasteiger partial charge in [-0.2, -0.15) is 0 Å². The van der Waals surface area contributed by atoms with E-state index in [1.54, 1.807) is 41.2 Å². The number of ether oxygens (including phenoxy) is 1. The number of hydrogen-bond acceptors (Lipinski definition) is 4. The Morgan fingerprint density at radius 1 is 0.900 bits per heavy atom. The van der Waals surface area contributed by atoms with Crippen molar-refractivity contribution in [1.82, 2.24) is 9.80 Å². The molecule has 1 heterocycles. The highest BCUT2D eigenvalue weighted by Gasteiger charge is 2.25. The predicted octanol–water partition coefficient (Wildman–Crippen LogP) is 3.26. The van der Waals surface area contributed by atoms with Gasteiger partial charge in [0.1, 0.15) is 5.75 Å². The summed E-state index contributed by atoms with van der Waals surface area (Å²) in [5.41, 5.74) is 3.24. The highest BCUT2D eigenvalue weighted by molar-refractivity contribution is 5.99. The Hall–Kier alpha value is -3.15. The van der Waals surface area contributed by atoms with E-state index in [1.807, 2.05) is 32.0 Å². The lowest BCUT2D eigenvalue weighted by molar-refractivity contribution is -0.132. The molecule has 3 rings (SSSR count). The molecule has 1 aliphatic rings. The molecule has 6 heteroatoms. The fraction of sp³-hybridized carbons (Fsp3) is 0.375. The second kappa shape index (κ2) is 9.57. The molecule has 30 heavy (non-hydrogen) atoms. The number of ketones is 1. The van der Waals surface area contributed by atoms with Gasteiger partial charge in [-0.3, -0.25) is 14.4 Å². The van der Waals surface area contributed by atoms with Gasteiger partial charge >= 0.3 is 0 Å². The second-order valence-electron chi connectivity index (χ2n) is 7.65. The van der Waals surface area contributed by atoms with E-state index >= 15 is 0 Å². The lowest BCUT2D eigenvalue weighted by Gasteiger charge is -2.35. The van der Waals surface area contributed by atoms with Gasteiger partial charge in [0.05, 0.1) is 7.11 Å². The lowest BCUT2D eigenvalue weighted by Crippen LogP contribution is -2.50. The molecule has 0 N–H and O–H groups in total. The van der Waals surface area contributed by atoms with Crippen LogP contribution in [-0.2, 0) is 4.79 Å². The van der Waals surface area contributed by atoms with Crippen molar-refractivity contribution in [2.24, 2.45) is 0 Å². The van der Waals surface area contributed by atoms with Gasteiger partial charge in [0.15, 0.2) is 5.78 Å². The van der Waals surface area contributed by atoms with Crippen molar-refractivity contribution in [3.63, 3.8) is 0 Å². The van der Waals surface area contributed by atoms with Gasteiger partial charge in [-0.25, -0.2) is 0 Å². The van der Waals surface area contributed by atoms with E-state index in [1.165, 1.54) is 0 Å². The molecule has 0 unspecified atom stereocenters. The summed E-state index contributed by atoms with van der Waals surface area (Å²) in [5, 5.41) is 0. The molecule has 1 fully saturated rings. The maximum atomic E-state index is 12.7. The summed E-state index contributed by atoms with van der Waals surface area (Å²) < 4.78 is 5.18. The summed E-state index contributed by atoms with van der Waals surface area (Å²) in [7, 11) is 1.57. The number of hydrogen-bond donors (Lipinski definition) is 0. The number of aryl methyl sites for hydroxylation is 2. The molecule has 0 atom stereocenters. The zero-order chi connectivity index (χ0) is 21.7. The first-order chi connectivity index (χ1) is 14.4. The molecular formula is C24H28N2O4. The van der Waals surface area contributed by atoms with Crippen LogP contribution in [0, 0.1) is 13.8 Å². The average molecular weight is 408 g/mol. The summed E-state index contributed by atoms with van der Waals surface area (Å²) in [6.07, 6.45) is 0.391. The molecule has 6 nitrogen and oxygen atoms in total. The van der Waals surface area contributed by atoms with Crippen LogP contribution in [-0.4, -0.2) is 60.7 Å². The number of benzene rings is 2. The maximum absolute atomic E-state index is 12.7. The number of amides is 2. The van der Waals surface area contributed by atoms with Crippen LogP contribution in [0.1, 0.15) is 44.7 Å². The molecule has 1 saturated heterocycles. The molecule has 1 aliphatic heterocycles. The van der Waals surface area contributed by atoms with Crippen molar-refractivity contribution in [1.29, 1.82) is 0 Å². The lowest BCUT2D eigenvalue weighted by atomic mass is 9.99. The van der Waals surface area contributed by atoms with Crippen LogP contribution < -0.4 is 4.74 Å². The summed E-state index contributed by atoms with van der Waals surface area (Å²) in [6, 6.07) is 12.9. The van der Waals surface area contributed by atoms with Crippen LogP contribution in [0.2, 0.25) is 0 Å². The van der Waals surface area contributed by atoms with Gasteiger partial charge in [-0.15, -0.1) is 0 Å². The van der Waals surface area contributed by atoms with Crippen LogP contribution in [0.4, 0.5) is 0 Å². The Kier molecular flexibility index (Phi) is 6.87. The fourth-order valence-corrected chi connectivity index (χ4v) is 3.65. The molecule has 0 saturated carbocycles. The van der Waals surface area contributed by atoms with E-state index in [9.17, 15) is 14.4 Å². The Labute approximate surface area is 177 Å². The first-order valence-electron chi connectivity index (χ1n) is 10.2. The van der Waals surface area contributed by atoms with E-state index in [2.05, 4.69) is 0 Å². The number of rotatable bonds is 6. The molecule has 0 aromatic heterocycles. The van der Waals surface area contributed by atoms with Gasteiger partial charge in [0, 0.05) is 50.1 Å². The van der Waals surface area contributed by atoms with E-state index < -0.39 is 0 Å². The number of piperazine rings is 1. The molecule has 0 bridgehead atoms. The van der Waals surface area contributed by atoms with Crippen molar-refractivity contribution >= 4 is 17.6 Å². The van der Waals surface area contributed by atoms with Crippen LogP contribution in [0.15, 0.2) is 42.5 Å². The third-order valence-corrected chi connectivity index (χ3v) is 5.50. The molecular weight excluding hydrogens is 380 g/mol. The van der Waals surface area contributed by atoms with Gasteiger partial charge in [-0.1, -0.05) is 23.8 Å². The minimum Gasteiger partial charge on any atom is -0.497 e. The van der Waals surface area contributed by atoms with Crippen LogP contribution in [0.5, 0.6) is 5.75 Å². The average Bonchev–Trinajstić information content (AvgIpc) is 2.78. The number of carbonyl (C=O) groups excluding carboxylic acids is 3. The third kappa shape index (κ3) is 5.06. The summed E-state index contributed by atoms with van der Waals surface area (Å²) in [6.45, 7) is 5.78. The molecule has 158 valence electrons. The number of methoxy groups -OCH3 is 1. The molecule has 2 aromatic carbocycles. The van der Waals surface area contributed by atoms with E-state index in [4.69, 9.17) is 4.74 Å². The standard InChI is InChI=1S/C24H28N2O4/c1-17-7-8-18(2)21(15-17)22(27)9-10-23(28)25-11-13-26(14-12-25)24(29)19-5-4-6-20(16-19)30-3/h4-8,15-16H,9-14H2,1-3H3. The normalized spacial score (nSPS) is 13.8. The van der Waals surface area contributed by atoms with Crippen LogP contribution in [0.3, 0.4) is 0 Å². The Bertz CT molecular complexity index is 946. The minimum atomic E-state index is -0.0638. The maximum Gasteiger partial charge on any atom is 0.254 e. The zero-order valence-electron chi connectivity index (χ0n) is 17.8. The summed E-state index contributed by atoms with van der Waals surface area (Å²) in [4.78, 5) is 41.3. The summed E-state index contributed by atoms with van der Waals surface area (Å²) in [5.74, 6) is 0.535. The summed E-state index contributed by atoms with van der Waals surface area (Å²) >= 11 is 0. The Morgan fingerprint density at radius 2 is 1.60 bits per heavy atom. The number of Topliss-reactive ketones (excluding diaryl/α,β-unsaturated/α-hetero) is 1. The molecule has 0 spiro atoms. The quantitative estimate of drug-likeness (QED) is 0.688. The second-order valence-corrected chi connectivity index (χ2v) is 7.65. The molecule has 2 aromatic rings. The molecule has 0 aliphatic carbocycles. The monoisotopic (exact) mass is 408 g/mol. The fourth-order valence-electron chi connectivity index (χ4n) is 3.65. The smallest absolute Gasteiger partial charge is 0.254 e. The predicted molar refractivity (Wildman–Crippen MR) is 115 cm³/mol. The van der Waals surface area contributed by atoms with Crippen molar-refractivity contribution in [3.05, 3.63) is 64.7 Å². The Morgan fingerprint density at radius 3 is 2.30 bits per heavy atom. The number of nitrogens with zero attached hydrogens (tertiary/aromatic N) is 2. The van der Waals surface area contributed by atoms with Gasteiger partial charge in [0.25, 0.3) is 5.91 Å². The third-order valence-electron chi connectivity index (χ3n) is 5.50. The number of carbonyl (C=O) groups is 3. The zero-order valence-corrected chi connectivity index (χ0v) is 17.8. The van der Waals surface area contributed by atoms with Crippen LogP contribution in [0.25, 0.3) is 0 Å². The van der Waals surface area contributed by atoms with Crippen molar-refractivity contribution in [2.75, 3.05) is 33.3 Å². The first kappa shape index (κ1) is 21.6. The van der Waals surface area contributed by atoms with E-state index in [-0.39, 0.29) is 30.4 Å². The van der Waals surface area contributed by atoms with Crippen LogP contribution >= 0.6 is 0 Å². The highest BCUT2D eigenvalue weighted by atomic mass is 16.5. The molecule has 2 amide bonds. The van der Waals surface area contributed by atoms with E-state index in [0.29, 0.717) is 43.1 Å². The van der Waals surface area contributed by atoms with Gasteiger partial charge < -0.3 is 14.5 Å². The van der Waals surface area contributed by atoms with Gasteiger partial charge in [-0.05, 0) is 43.7 Å². The molecule has 0 radical (unpaired) electrons. The van der Waals surface area contributed by atoms with E-state index in [0.717, 1.165) is 11.1 Å². The highest BCUT2D eigenvalue weighted by Crippen LogP contribution is 2.17. The minimum absolute atomic E-state index is 0.00334. The van der Waals surface area contributed by atoms with Crippen molar-refractivity contribution in [3.8, 4) is 5.75 Å². The Balaban J connectivity index is 1.51. The topological polar surface area (TPSA) is 66.9 Å². The first-order valence-corrected chi connectivity index (χ1v) is 10.2. The SMILES string of the molecule is COc1cccc(C(=O)N2CCN(C(=O)CCC(=O)c3cc(C)ccc3C)CC2)c1. The van der Waals surface area contributed by atoms with Crippen molar-refractivity contribution < 1.29 is 19.1 Å². The van der Waals surface area contributed by atoms with Crippen molar-refractivity contribution in [2.45, 2.75) is 26.7 Å². The largest absolute Gasteiger partial charge is 0.497 e.